The Morgan fingerprint density at radius 3 is 2.20 bits per heavy atom. The maximum absolute atomic E-state index is 5.46. The predicted octanol–water partition coefficient (Wildman–Crippen LogP) is 1.12. The Morgan fingerprint density at radius 1 is 1.40 bits per heavy atom. The number of ether oxygens (including phenoxy) is 1. The Bertz CT molecular complexity index is 92.2. The van der Waals surface area contributed by atoms with Gasteiger partial charge in [0.1, 0.15) is 0 Å². The quantitative estimate of drug-likeness (QED) is 0.499. The average Bonchev–Trinajstić information content (AvgIpc) is 1.59. The number of nitrogens with two attached hydrogens (primary N) is 1. The average molecular weight is 163 g/mol. The zero-order valence-electron chi connectivity index (χ0n) is 7.18. The van der Waals surface area contributed by atoms with Gasteiger partial charge in [0.15, 0.2) is 8.32 Å². The molecule has 10 heavy (non-hydrogen) atoms. The van der Waals surface area contributed by atoms with Crippen LogP contribution in [0.5, 0.6) is 0 Å². The van der Waals surface area contributed by atoms with E-state index in [4.69, 9.17) is 14.9 Å². The van der Waals surface area contributed by atoms with Gasteiger partial charge in [0.25, 0.3) is 0 Å². The van der Waals surface area contributed by atoms with E-state index in [2.05, 4.69) is 19.6 Å². The van der Waals surface area contributed by atoms with E-state index < -0.39 is 14.7 Å². The van der Waals surface area contributed by atoms with E-state index in [0.717, 1.165) is 0 Å². The van der Waals surface area contributed by atoms with Crippen molar-refractivity contribution < 1.29 is 9.16 Å². The zero-order valence-corrected chi connectivity index (χ0v) is 8.18. The molecule has 0 rings (SSSR count). The molecule has 4 heteroatoms. The Morgan fingerprint density at radius 2 is 1.90 bits per heavy atom. The molecule has 0 spiro atoms. The molecule has 3 nitrogen and oxygen atoms in total. The smallest absolute Gasteiger partial charge is 0.203 e. The van der Waals surface area contributed by atoms with Gasteiger partial charge in [-0.3, -0.25) is 5.73 Å². The lowest BCUT2D eigenvalue weighted by Gasteiger charge is -2.22. The molecule has 0 saturated carbocycles. The zero-order chi connectivity index (χ0) is 8.20. The summed E-state index contributed by atoms with van der Waals surface area (Å²) < 4.78 is 10.4. The summed E-state index contributed by atoms with van der Waals surface area (Å²) >= 11 is 0. The molecule has 0 aliphatic carbocycles. The third-order valence-electron chi connectivity index (χ3n) is 0.801. The van der Waals surface area contributed by atoms with Gasteiger partial charge in [0.05, 0.1) is 0 Å². The molecule has 1 atom stereocenters. The standard InChI is InChI=1S/C6H17NO2Si/c1-5-8-6(7)9-10(2,3)4/h6H,5,7H2,1-4H3. The molecular formula is C6H17NO2Si. The van der Waals surface area contributed by atoms with Gasteiger partial charge in [-0.15, -0.1) is 0 Å². The van der Waals surface area contributed by atoms with Crippen molar-refractivity contribution in [2.75, 3.05) is 6.61 Å². The van der Waals surface area contributed by atoms with Crippen LogP contribution in [0.1, 0.15) is 6.92 Å². The summed E-state index contributed by atoms with van der Waals surface area (Å²) in [6.07, 6.45) is -0.531. The molecule has 0 aliphatic rings. The van der Waals surface area contributed by atoms with Crippen LogP contribution in [0, 0.1) is 0 Å². The fourth-order valence-corrected chi connectivity index (χ4v) is 1.31. The van der Waals surface area contributed by atoms with Crippen molar-refractivity contribution in [3.05, 3.63) is 0 Å². The van der Waals surface area contributed by atoms with Crippen LogP contribution in [0.3, 0.4) is 0 Å². The molecule has 0 radical (unpaired) electrons. The molecule has 62 valence electrons. The van der Waals surface area contributed by atoms with Crippen LogP contribution in [0.15, 0.2) is 0 Å². The van der Waals surface area contributed by atoms with Crippen LogP contribution in [-0.4, -0.2) is 21.3 Å². The topological polar surface area (TPSA) is 44.5 Å². The lowest BCUT2D eigenvalue weighted by atomic mass is 10.9. The van der Waals surface area contributed by atoms with Gasteiger partial charge in [-0.25, -0.2) is 0 Å². The molecule has 2 N–H and O–H groups in total. The first-order valence-electron chi connectivity index (χ1n) is 3.50. The van der Waals surface area contributed by atoms with E-state index in [9.17, 15) is 0 Å². The molecular weight excluding hydrogens is 146 g/mol. The number of hydrogen-bond donors (Lipinski definition) is 1. The molecule has 1 unspecified atom stereocenters. The minimum atomic E-state index is -1.51. The summed E-state index contributed by atoms with van der Waals surface area (Å²) in [7, 11) is -1.51. The first-order valence-corrected chi connectivity index (χ1v) is 6.91. The maximum Gasteiger partial charge on any atom is 0.203 e. The molecule has 0 bridgehead atoms. The maximum atomic E-state index is 5.46. The van der Waals surface area contributed by atoms with Crippen molar-refractivity contribution in [3.8, 4) is 0 Å². The fraction of sp³-hybridized carbons (Fsp3) is 1.00. The van der Waals surface area contributed by atoms with Crippen LogP contribution < -0.4 is 5.73 Å². The number of rotatable bonds is 4. The van der Waals surface area contributed by atoms with Gasteiger partial charge in [0.2, 0.25) is 6.41 Å². The van der Waals surface area contributed by atoms with Gasteiger partial charge in [-0.05, 0) is 26.6 Å². The molecule has 0 saturated heterocycles. The molecule has 0 aromatic rings. The molecule has 0 heterocycles. The largest absolute Gasteiger partial charge is 0.382 e. The van der Waals surface area contributed by atoms with Crippen molar-refractivity contribution >= 4 is 8.32 Å². The van der Waals surface area contributed by atoms with Crippen LogP contribution in [-0.2, 0) is 9.16 Å². The minimum Gasteiger partial charge on any atom is -0.382 e. The Kier molecular flexibility index (Phi) is 4.11. The van der Waals surface area contributed by atoms with Crippen LogP contribution >= 0.6 is 0 Å². The highest BCUT2D eigenvalue weighted by molar-refractivity contribution is 6.69. The van der Waals surface area contributed by atoms with E-state index in [1.807, 2.05) is 6.92 Å². The van der Waals surface area contributed by atoms with Gasteiger partial charge in [-0.2, -0.15) is 0 Å². The summed E-state index contributed by atoms with van der Waals surface area (Å²) in [6, 6.07) is 0. The number of hydrogen-bond acceptors (Lipinski definition) is 3. The van der Waals surface area contributed by atoms with E-state index in [1.165, 1.54) is 0 Å². The second kappa shape index (κ2) is 4.08. The third-order valence-corrected chi connectivity index (χ3v) is 1.74. The third kappa shape index (κ3) is 6.22. The van der Waals surface area contributed by atoms with E-state index in [1.54, 1.807) is 0 Å². The van der Waals surface area contributed by atoms with E-state index in [-0.39, 0.29) is 0 Å². The Labute approximate surface area is 63.6 Å². The Balaban J connectivity index is 3.47. The van der Waals surface area contributed by atoms with Gasteiger partial charge in [0, 0.05) is 6.61 Å². The molecule has 0 aromatic carbocycles. The summed E-state index contributed by atoms with van der Waals surface area (Å²) in [4.78, 5) is 0. The summed E-state index contributed by atoms with van der Waals surface area (Å²) in [6.45, 7) is 8.72. The lowest BCUT2D eigenvalue weighted by Crippen LogP contribution is -2.38. The summed E-state index contributed by atoms with van der Waals surface area (Å²) in [5.74, 6) is 0. The van der Waals surface area contributed by atoms with Crippen molar-refractivity contribution in [1.82, 2.24) is 0 Å². The summed E-state index contributed by atoms with van der Waals surface area (Å²) in [5, 5.41) is 0. The highest BCUT2D eigenvalue weighted by Gasteiger charge is 2.18. The van der Waals surface area contributed by atoms with Gasteiger partial charge in [-0.1, -0.05) is 0 Å². The first-order chi connectivity index (χ1) is 4.45. The normalized spacial score (nSPS) is 15.3. The molecule has 0 aromatic heterocycles. The second-order valence-electron chi connectivity index (χ2n) is 3.05. The lowest BCUT2D eigenvalue weighted by molar-refractivity contribution is -0.0756. The van der Waals surface area contributed by atoms with Crippen molar-refractivity contribution in [3.63, 3.8) is 0 Å². The fourth-order valence-electron chi connectivity index (χ4n) is 0.547. The highest BCUT2D eigenvalue weighted by Crippen LogP contribution is 2.04. The monoisotopic (exact) mass is 163 g/mol. The molecule has 0 amide bonds. The minimum absolute atomic E-state index is 0.531. The van der Waals surface area contributed by atoms with E-state index >= 15 is 0 Å². The first kappa shape index (κ1) is 10.1. The van der Waals surface area contributed by atoms with Crippen LogP contribution in [0.4, 0.5) is 0 Å². The van der Waals surface area contributed by atoms with Crippen molar-refractivity contribution in [1.29, 1.82) is 0 Å². The van der Waals surface area contributed by atoms with E-state index in [0.29, 0.717) is 6.61 Å². The van der Waals surface area contributed by atoms with Crippen molar-refractivity contribution in [2.45, 2.75) is 33.0 Å². The summed E-state index contributed by atoms with van der Waals surface area (Å²) in [5.41, 5.74) is 5.46. The van der Waals surface area contributed by atoms with Gasteiger partial charge >= 0.3 is 0 Å². The second-order valence-corrected chi connectivity index (χ2v) is 7.51. The molecule has 0 fully saturated rings. The van der Waals surface area contributed by atoms with Crippen molar-refractivity contribution in [2.24, 2.45) is 5.73 Å². The Hall–Kier alpha value is 0.0969. The molecule has 0 aliphatic heterocycles. The predicted molar refractivity (Wildman–Crippen MR) is 44.0 cm³/mol. The highest BCUT2D eigenvalue weighted by atomic mass is 28.4. The van der Waals surface area contributed by atoms with Gasteiger partial charge < -0.3 is 9.16 Å². The van der Waals surface area contributed by atoms with Crippen LogP contribution in [0.2, 0.25) is 19.6 Å². The SMILES string of the molecule is CCOC(N)O[Si](C)(C)C. The van der Waals surface area contributed by atoms with Crippen LogP contribution in [0.25, 0.3) is 0 Å².